The second kappa shape index (κ2) is 11.8. The highest BCUT2D eigenvalue weighted by molar-refractivity contribution is 6.32. The summed E-state index contributed by atoms with van der Waals surface area (Å²) in [6, 6.07) is 7.21. The number of benzene rings is 1. The van der Waals surface area contributed by atoms with Crippen molar-refractivity contribution in [3.05, 3.63) is 29.3 Å². The molecule has 0 aliphatic rings. The van der Waals surface area contributed by atoms with Gasteiger partial charge in [0.25, 0.3) is 0 Å². The number of hydrogen-bond acceptors (Lipinski definition) is 5. The van der Waals surface area contributed by atoms with Crippen LogP contribution < -0.4 is 10.1 Å². The molecule has 120 valence electrons. The Kier molecular flexibility index (Phi) is 10.2. The average Bonchev–Trinajstić information content (AvgIpc) is 2.49. The molecule has 0 saturated carbocycles. The summed E-state index contributed by atoms with van der Waals surface area (Å²) < 4.78 is 15.7. The Morgan fingerprint density at radius 3 is 2.81 bits per heavy atom. The average molecular weight is 318 g/mol. The lowest BCUT2D eigenvalue weighted by Crippen LogP contribution is -2.32. The van der Waals surface area contributed by atoms with E-state index in [-0.39, 0.29) is 6.61 Å². The number of aliphatic hydroxyl groups is 1. The maximum Gasteiger partial charge on any atom is 0.138 e. The van der Waals surface area contributed by atoms with Crippen LogP contribution in [0.1, 0.15) is 6.42 Å². The molecule has 1 aromatic rings. The van der Waals surface area contributed by atoms with E-state index in [1.54, 1.807) is 19.2 Å². The van der Waals surface area contributed by atoms with Crippen molar-refractivity contribution < 1.29 is 19.3 Å². The highest BCUT2D eigenvalue weighted by atomic mass is 35.5. The van der Waals surface area contributed by atoms with Gasteiger partial charge in [0, 0.05) is 20.3 Å². The molecule has 0 aromatic heterocycles. The van der Waals surface area contributed by atoms with Crippen LogP contribution in [-0.2, 0) is 9.47 Å². The normalized spacial score (nSPS) is 12.3. The summed E-state index contributed by atoms with van der Waals surface area (Å²) in [5.74, 6) is 0.588. The number of methoxy groups -OCH3 is 1. The Bertz CT molecular complexity index is 378. The Balaban J connectivity index is 1.99. The highest BCUT2D eigenvalue weighted by Crippen LogP contribution is 2.22. The number of rotatable bonds is 12. The topological polar surface area (TPSA) is 60.0 Å². The largest absolute Gasteiger partial charge is 0.489 e. The van der Waals surface area contributed by atoms with Crippen LogP contribution in [0.3, 0.4) is 0 Å². The van der Waals surface area contributed by atoms with Gasteiger partial charge in [-0.3, -0.25) is 0 Å². The smallest absolute Gasteiger partial charge is 0.138 e. The summed E-state index contributed by atoms with van der Waals surface area (Å²) in [5, 5.41) is 13.5. The third-order valence-electron chi connectivity index (χ3n) is 2.72. The maximum atomic E-state index is 9.80. The molecule has 1 atom stereocenters. The third-order valence-corrected chi connectivity index (χ3v) is 3.03. The van der Waals surface area contributed by atoms with Gasteiger partial charge in [-0.15, -0.1) is 0 Å². The van der Waals surface area contributed by atoms with E-state index in [4.69, 9.17) is 25.8 Å². The molecular weight excluding hydrogens is 294 g/mol. The van der Waals surface area contributed by atoms with Crippen LogP contribution in [0.2, 0.25) is 5.02 Å². The summed E-state index contributed by atoms with van der Waals surface area (Å²) >= 11 is 5.96. The summed E-state index contributed by atoms with van der Waals surface area (Å²) in [7, 11) is 1.65. The van der Waals surface area contributed by atoms with Gasteiger partial charge in [0.2, 0.25) is 0 Å². The first-order valence-corrected chi connectivity index (χ1v) is 7.44. The monoisotopic (exact) mass is 317 g/mol. The first-order valence-electron chi connectivity index (χ1n) is 7.07. The number of aliphatic hydroxyl groups excluding tert-OH is 1. The Morgan fingerprint density at radius 2 is 2.05 bits per heavy atom. The number of hydrogen-bond donors (Lipinski definition) is 2. The van der Waals surface area contributed by atoms with Gasteiger partial charge >= 0.3 is 0 Å². The van der Waals surface area contributed by atoms with E-state index in [1.807, 2.05) is 12.1 Å². The minimum Gasteiger partial charge on any atom is -0.489 e. The summed E-state index contributed by atoms with van der Waals surface area (Å²) in [5.41, 5.74) is 0. The minimum atomic E-state index is -0.573. The van der Waals surface area contributed by atoms with E-state index >= 15 is 0 Å². The standard InChI is InChI=1S/C15H24ClNO4/c1-19-9-10-20-8-4-7-17-11-13(18)12-21-15-6-3-2-5-14(15)16/h2-3,5-6,13,17-18H,4,7-12H2,1H3. The van der Waals surface area contributed by atoms with Crippen LogP contribution in [-0.4, -0.2) is 57.8 Å². The quantitative estimate of drug-likeness (QED) is 0.575. The predicted molar refractivity (Wildman–Crippen MR) is 83.1 cm³/mol. The molecule has 5 nitrogen and oxygen atoms in total. The van der Waals surface area contributed by atoms with Crippen molar-refractivity contribution in [2.24, 2.45) is 0 Å². The zero-order chi connectivity index (χ0) is 15.3. The van der Waals surface area contributed by atoms with E-state index in [9.17, 15) is 5.11 Å². The lowest BCUT2D eigenvalue weighted by atomic mass is 10.3. The minimum absolute atomic E-state index is 0.209. The van der Waals surface area contributed by atoms with Crippen molar-refractivity contribution in [1.29, 1.82) is 0 Å². The molecule has 0 spiro atoms. The lowest BCUT2D eigenvalue weighted by Gasteiger charge is -2.14. The molecule has 0 aliphatic heterocycles. The summed E-state index contributed by atoms with van der Waals surface area (Å²) in [6.45, 7) is 3.39. The molecule has 0 saturated heterocycles. The zero-order valence-electron chi connectivity index (χ0n) is 12.4. The summed E-state index contributed by atoms with van der Waals surface area (Å²) in [6.07, 6.45) is 0.317. The lowest BCUT2D eigenvalue weighted by molar-refractivity contribution is 0.0683. The Morgan fingerprint density at radius 1 is 1.24 bits per heavy atom. The van der Waals surface area contributed by atoms with Gasteiger partial charge in [-0.25, -0.2) is 0 Å². The molecule has 0 heterocycles. The van der Waals surface area contributed by atoms with Gasteiger partial charge in [-0.2, -0.15) is 0 Å². The molecule has 1 rings (SSSR count). The van der Waals surface area contributed by atoms with Crippen LogP contribution in [0.5, 0.6) is 5.75 Å². The van der Waals surface area contributed by atoms with Gasteiger partial charge in [0.1, 0.15) is 18.5 Å². The molecule has 2 N–H and O–H groups in total. The SMILES string of the molecule is COCCOCCCNCC(O)COc1ccccc1Cl. The molecule has 0 amide bonds. The van der Waals surface area contributed by atoms with Crippen molar-refractivity contribution in [2.45, 2.75) is 12.5 Å². The van der Waals surface area contributed by atoms with E-state index in [0.29, 0.717) is 37.1 Å². The summed E-state index contributed by atoms with van der Waals surface area (Å²) in [4.78, 5) is 0. The highest BCUT2D eigenvalue weighted by Gasteiger charge is 2.06. The van der Waals surface area contributed by atoms with Gasteiger partial charge < -0.3 is 24.6 Å². The van der Waals surface area contributed by atoms with E-state index in [0.717, 1.165) is 13.0 Å². The van der Waals surface area contributed by atoms with Gasteiger partial charge in [-0.05, 0) is 25.1 Å². The third kappa shape index (κ3) is 8.90. The second-order valence-corrected chi connectivity index (χ2v) is 4.97. The fourth-order valence-electron chi connectivity index (χ4n) is 1.62. The van der Waals surface area contributed by atoms with Crippen molar-refractivity contribution >= 4 is 11.6 Å². The fourth-order valence-corrected chi connectivity index (χ4v) is 1.81. The zero-order valence-corrected chi connectivity index (χ0v) is 13.1. The molecule has 6 heteroatoms. The van der Waals surface area contributed by atoms with Crippen LogP contribution in [0.25, 0.3) is 0 Å². The molecule has 1 aromatic carbocycles. The van der Waals surface area contributed by atoms with Crippen molar-refractivity contribution in [3.8, 4) is 5.75 Å². The predicted octanol–water partition coefficient (Wildman–Crippen LogP) is 1.72. The molecule has 1 unspecified atom stereocenters. The molecule has 0 fully saturated rings. The first-order chi connectivity index (χ1) is 10.2. The van der Waals surface area contributed by atoms with Gasteiger partial charge in [0.05, 0.1) is 18.2 Å². The number of para-hydroxylation sites is 1. The van der Waals surface area contributed by atoms with Crippen LogP contribution in [0.4, 0.5) is 0 Å². The van der Waals surface area contributed by atoms with Crippen molar-refractivity contribution in [3.63, 3.8) is 0 Å². The second-order valence-electron chi connectivity index (χ2n) is 4.56. The van der Waals surface area contributed by atoms with Crippen LogP contribution >= 0.6 is 11.6 Å². The van der Waals surface area contributed by atoms with E-state index in [2.05, 4.69) is 5.32 Å². The molecule has 0 bridgehead atoms. The van der Waals surface area contributed by atoms with Crippen LogP contribution in [0.15, 0.2) is 24.3 Å². The number of ether oxygens (including phenoxy) is 3. The first kappa shape index (κ1) is 18.2. The van der Waals surface area contributed by atoms with E-state index < -0.39 is 6.10 Å². The molecule has 0 aliphatic carbocycles. The Labute approximate surface area is 131 Å². The van der Waals surface area contributed by atoms with Crippen molar-refractivity contribution in [2.75, 3.05) is 46.6 Å². The Hall–Kier alpha value is -0.850. The van der Waals surface area contributed by atoms with Crippen LogP contribution in [0, 0.1) is 0 Å². The number of halogens is 1. The molecule has 21 heavy (non-hydrogen) atoms. The fraction of sp³-hybridized carbons (Fsp3) is 0.600. The van der Waals surface area contributed by atoms with Gasteiger partial charge in [-0.1, -0.05) is 23.7 Å². The number of nitrogens with one attached hydrogen (secondary N) is 1. The van der Waals surface area contributed by atoms with Crippen molar-refractivity contribution in [1.82, 2.24) is 5.32 Å². The van der Waals surface area contributed by atoms with Gasteiger partial charge in [0.15, 0.2) is 0 Å². The maximum absolute atomic E-state index is 9.80. The molecule has 0 radical (unpaired) electrons. The van der Waals surface area contributed by atoms with E-state index in [1.165, 1.54) is 0 Å². The molecular formula is C15H24ClNO4.